The minimum absolute atomic E-state index is 0.620. The Morgan fingerprint density at radius 1 is 1.00 bits per heavy atom. The van der Waals surface area contributed by atoms with Crippen LogP contribution in [0.5, 0.6) is 11.5 Å². The number of rotatable bonds is 6. The molecule has 0 amide bonds. The number of hydrogen-bond acceptors (Lipinski definition) is 5. The van der Waals surface area contributed by atoms with Crippen molar-refractivity contribution in [3.05, 3.63) is 53.9 Å². The topological polar surface area (TPSA) is 47.7 Å². The van der Waals surface area contributed by atoms with Gasteiger partial charge in [-0.05, 0) is 25.2 Å². The van der Waals surface area contributed by atoms with Crippen molar-refractivity contribution in [2.45, 2.75) is 13.1 Å². The summed E-state index contributed by atoms with van der Waals surface area (Å²) < 4.78 is 16.6. The minimum atomic E-state index is 0.620. The van der Waals surface area contributed by atoms with Crippen LogP contribution in [0, 0.1) is 0 Å². The maximum absolute atomic E-state index is 5.77. The standard InChI is InChI=1S/C18H20N2O3/c1-20(11-13-7-6-10-16(21-2)18(13)22-3)12-17-19-14-8-4-5-9-15(14)23-17/h4-10H,11-12H2,1-3H3. The number of para-hydroxylation sites is 3. The first kappa shape index (κ1) is 15.4. The summed E-state index contributed by atoms with van der Waals surface area (Å²) in [7, 11) is 5.32. The summed E-state index contributed by atoms with van der Waals surface area (Å²) in [5.41, 5.74) is 2.76. The summed E-state index contributed by atoms with van der Waals surface area (Å²) in [5, 5.41) is 0. The first-order valence-electron chi connectivity index (χ1n) is 7.44. The molecule has 0 saturated carbocycles. The van der Waals surface area contributed by atoms with E-state index in [1.165, 1.54) is 0 Å². The molecule has 23 heavy (non-hydrogen) atoms. The van der Waals surface area contributed by atoms with E-state index in [-0.39, 0.29) is 0 Å². The molecule has 3 rings (SSSR count). The molecule has 1 heterocycles. The van der Waals surface area contributed by atoms with Crippen LogP contribution < -0.4 is 9.47 Å². The molecule has 5 heteroatoms. The van der Waals surface area contributed by atoms with Gasteiger partial charge in [-0.1, -0.05) is 24.3 Å². The molecule has 0 atom stereocenters. The smallest absolute Gasteiger partial charge is 0.209 e. The van der Waals surface area contributed by atoms with E-state index in [2.05, 4.69) is 9.88 Å². The molecule has 120 valence electrons. The van der Waals surface area contributed by atoms with E-state index in [4.69, 9.17) is 13.9 Å². The number of ether oxygens (including phenoxy) is 2. The van der Waals surface area contributed by atoms with E-state index in [1.807, 2.05) is 49.5 Å². The summed E-state index contributed by atoms with van der Waals surface area (Å²) in [6.07, 6.45) is 0. The Bertz CT molecular complexity index is 765. The van der Waals surface area contributed by atoms with Gasteiger partial charge in [0.1, 0.15) is 5.52 Å². The highest BCUT2D eigenvalue weighted by molar-refractivity contribution is 5.72. The lowest BCUT2D eigenvalue weighted by Crippen LogP contribution is -2.18. The van der Waals surface area contributed by atoms with E-state index in [0.29, 0.717) is 19.0 Å². The summed E-state index contributed by atoms with van der Waals surface area (Å²) in [4.78, 5) is 6.63. The second kappa shape index (κ2) is 6.71. The van der Waals surface area contributed by atoms with Gasteiger partial charge in [0.15, 0.2) is 17.1 Å². The summed E-state index contributed by atoms with van der Waals surface area (Å²) in [6, 6.07) is 13.7. The zero-order valence-electron chi connectivity index (χ0n) is 13.6. The molecular weight excluding hydrogens is 292 g/mol. The van der Waals surface area contributed by atoms with E-state index in [0.717, 1.165) is 28.2 Å². The Morgan fingerprint density at radius 3 is 2.57 bits per heavy atom. The van der Waals surface area contributed by atoms with Crippen LogP contribution in [0.2, 0.25) is 0 Å². The van der Waals surface area contributed by atoms with Gasteiger partial charge < -0.3 is 13.9 Å². The summed E-state index contributed by atoms with van der Waals surface area (Å²) in [5.74, 6) is 2.20. The number of oxazole rings is 1. The van der Waals surface area contributed by atoms with Crippen LogP contribution in [0.3, 0.4) is 0 Å². The van der Waals surface area contributed by atoms with Crippen molar-refractivity contribution in [2.24, 2.45) is 0 Å². The molecule has 0 bridgehead atoms. The van der Waals surface area contributed by atoms with Gasteiger partial charge in [0.05, 0.1) is 20.8 Å². The van der Waals surface area contributed by atoms with Crippen LogP contribution in [0.25, 0.3) is 11.1 Å². The molecule has 0 fully saturated rings. The highest BCUT2D eigenvalue weighted by Gasteiger charge is 2.13. The molecular formula is C18H20N2O3. The lowest BCUT2D eigenvalue weighted by atomic mass is 10.1. The second-order valence-corrected chi connectivity index (χ2v) is 5.40. The number of methoxy groups -OCH3 is 2. The van der Waals surface area contributed by atoms with Crippen LogP contribution in [-0.2, 0) is 13.1 Å². The molecule has 0 saturated heterocycles. The monoisotopic (exact) mass is 312 g/mol. The van der Waals surface area contributed by atoms with Crippen LogP contribution in [0.4, 0.5) is 0 Å². The Labute approximate surface area is 135 Å². The summed E-state index contributed by atoms with van der Waals surface area (Å²) in [6.45, 7) is 1.33. The Kier molecular flexibility index (Phi) is 4.48. The normalized spacial score (nSPS) is 11.1. The zero-order valence-corrected chi connectivity index (χ0v) is 13.6. The molecule has 0 aliphatic heterocycles. The van der Waals surface area contributed by atoms with Gasteiger partial charge in [0.25, 0.3) is 0 Å². The fourth-order valence-electron chi connectivity index (χ4n) is 2.64. The van der Waals surface area contributed by atoms with Crippen LogP contribution in [0.1, 0.15) is 11.5 Å². The van der Waals surface area contributed by atoms with Gasteiger partial charge in [-0.25, -0.2) is 4.98 Å². The van der Waals surface area contributed by atoms with E-state index < -0.39 is 0 Å². The van der Waals surface area contributed by atoms with Gasteiger partial charge in [-0.15, -0.1) is 0 Å². The van der Waals surface area contributed by atoms with Gasteiger partial charge in [-0.3, -0.25) is 4.90 Å². The van der Waals surface area contributed by atoms with E-state index in [9.17, 15) is 0 Å². The van der Waals surface area contributed by atoms with Crippen molar-refractivity contribution in [1.29, 1.82) is 0 Å². The average molecular weight is 312 g/mol. The average Bonchev–Trinajstić information content (AvgIpc) is 2.96. The Balaban J connectivity index is 1.75. The molecule has 3 aromatic rings. The van der Waals surface area contributed by atoms with E-state index in [1.54, 1.807) is 14.2 Å². The largest absolute Gasteiger partial charge is 0.493 e. The van der Waals surface area contributed by atoms with Crippen molar-refractivity contribution in [3.8, 4) is 11.5 Å². The maximum atomic E-state index is 5.77. The van der Waals surface area contributed by atoms with Crippen molar-refractivity contribution in [1.82, 2.24) is 9.88 Å². The van der Waals surface area contributed by atoms with Crippen molar-refractivity contribution >= 4 is 11.1 Å². The molecule has 0 aliphatic carbocycles. The van der Waals surface area contributed by atoms with Crippen molar-refractivity contribution < 1.29 is 13.9 Å². The molecule has 0 aliphatic rings. The molecule has 5 nitrogen and oxygen atoms in total. The third kappa shape index (κ3) is 3.29. The lowest BCUT2D eigenvalue weighted by Gasteiger charge is -2.18. The van der Waals surface area contributed by atoms with Crippen LogP contribution in [0.15, 0.2) is 46.9 Å². The third-order valence-electron chi connectivity index (χ3n) is 3.67. The fourth-order valence-corrected chi connectivity index (χ4v) is 2.64. The van der Waals surface area contributed by atoms with E-state index >= 15 is 0 Å². The van der Waals surface area contributed by atoms with Crippen LogP contribution in [-0.4, -0.2) is 31.2 Å². The van der Waals surface area contributed by atoms with Crippen molar-refractivity contribution in [3.63, 3.8) is 0 Å². The maximum Gasteiger partial charge on any atom is 0.209 e. The highest BCUT2D eigenvalue weighted by Crippen LogP contribution is 2.31. The Hall–Kier alpha value is -2.53. The lowest BCUT2D eigenvalue weighted by molar-refractivity contribution is 0.277. The highest BCUT2D eigenvalue weighted by atomic mass is 16.5. The van der Waals surface area contributed by atoms with Gasteiger partial charge in [0.2, 0.25) is 5.89 Å². The first-order valence-corrected chi connectivity index (χ1v) is 7.44. The predicted molar refractivity (Wildman–Crippen MR) is 88.7 cm³/mol. The first-order chi connectivity index (χ1) is 11.2. The second-order valence-electron chi connectivity index (χ2n) is 5.40. The number of hydrogen-bond donors (Lipinski definition) is 0. The Morgan fingerprint density at radius 2 is 1.83 bits per heavy atom. The third-order valence-corrected chi connectivity index (χ3v) is 3.67. The molecule has 2 aromatic carbocycles. The van der Waals surface area contributed by atoms with Crippen molar-refractivity contribution in [2.75, 3.05) is 21.3 Å². The number of benzene rings is 2. The van der Waals surface area contributed by atoms with Crippen LogP contribution >= 0.6 is 0 Å². The fraction of sp³-hybridized carbons (Fsp3) is 0.278. The minimum Gasteiger partial charge on any atom is -0.493 e. The summed E-state index contributed by atoms with van der Waals surface area (Å²) >= 11 is 0. The van der Waals surface area contributed by atoms with Gasteiger partial charge in [-0.2, -0.15) is 0 Å². The predicted octanol–water partition coefficient (Wildman–Crippen LogP) is 3.48. The quantitative estimate of drug-likeness (QED) is 0.697. The molecule has 0 N–H and O–H groups in total. The van der Waals surface area contributed by atoms with Gasteiger partial charge in [0, 0.05) is 12.1 Å². The number of aromatic nitrogens is 1. The molecule has 0 spiro atoms. The SMILES string of the molecule is COc1cccc(CN(C)Cc2nc3ccccc3o2)c1OC. The molecule has 0 unspecified atom stereocenters. The molecule has 0 radical (unpaired) electrons. The zero-order chi connectivity index (χ0) is 16.2. The van der Waals surface area contributed by atoms with Gasteiger partial charge >= 0.3 is 0 Å². The number of fused-ring (bicyclic) bond motifs is 1. The number of nitrogens with zero attached hydrogens (tertiary/aromatic N) is 2. The molecule has 1 aromatic heterocycles.